The molecule has 2 aromatic heterocycles. The molecule has 0 bridgehead atoms. The van der Waals surface area contributed by atoms with E-state index in [0.29, 0.717) is 6.04 Å². The maximum absolute atomic E-state index is 11.4. The molecule has 2 aromatic carbocycles. The second-order valence-corrected chi connectivity index (χ2v) is 9.65. The SMILES string of the molecule is COc1ccc2c(CCN(Cc3cnn(C)c3C)C3CCc4cc(/C=C/C(=O)NO)ccc43)c[nH]c2c1. The number of carbonyl (C=O) groups excluding carboxylic acids is 1. The van der Waals surface area contributed by atoms with Gasteiger partial charge in [0, 0.05) is 66.7 Å². The summed E-state index contributed by atoms with van der Waals surface area (Å²) in [7, 11) is 3.67. The van der Waals surface area contributed by atoms with Crippen LogP contribution in [0.5, 0.6) is 5.75 Å². The van der Waals surface area contributed by atoms with Crippen molar-refractivity contribution in [3.05, 3.63) is 88.4 Å². The zero-order valence-corrected chi connectivity index (χ0v) is 21.5. The molecular weight excluding hydrogens is 466 g/mol. The molecule has 1 aliphatic rings. The van der Waals surface area contributed by atoms with Crippen molar-refractivity contribution in [2.45, 2.75) is 38.8 Å². The van der Waals surface area contributed by atoms with Crippen molar-refractivity contribution < 1.29 is 14.7 Å². The first-order chi connectivity index (χ1) is 18.0. The quantitative estimate of drug-likeness (QED) is 0.179. The largest absolute Gasteiger partial charge is 0.497 e. The molecular formula is C29H33N5O3. The summed E-state index contributed by atoms with van der Waals surface area (Å²) >= 11 is 0. The minimum atomic E-state index is -0.535. The summed E-state index contributed by atoms with van der Waals surface area (Å²) in [5.41, 5.74) is 10.1. The van der Waals surface area contributed by atoms with Gasteiger partial charge in [-0.25, -0.2) is 5.48 Å². The van der Waals surface area contributed by atoms with E-state index in [1.165, 1.54) is 39.4 Å². The number of aromatic amines is 1. The number of rotatable bonds is 9. The number of benzene rings is 2. The maximum Gasteiger partial charge on any atom is 0.267 e. The highest BCUT2D eigenvalue weighted by atomic mass is 16.5. The molecule has 8 heteroatoms. The first-order valence-corrected chi connectivity index (χ1v) is 12.6. The van der Waals surface area contributed by atoms with Crippen LogP contribution in [0.2, 0.25) is 0 Å². The number of hydrogen-bond donors (Lipinski definition) is 3. The van der Waals surface area contributed by atoms with Crippen LogP contribution in [-0.4, -0.2) is 44.4 Å². The van der Waals surface area contributed by atoms with Gasteiger partial charge in [0.2, 0.25) is 0 Å². The van der Waals surface area contributed by atoms with Gasteiger partial charge in [-0.3, -0.25) is 19.6 Å². The molecule has 37 heavy (non-hydrogen) atoms. The fourth-order valence-corrected chi connectivity index (χ4v) is 5.33. The normalized spacial score (nSPS) is 15.1. The molecule has 5 rings (SSSR count). The van der Waals surface area contributed by atoms with Crippen LogP contribution < -0.4 is 10.2 Å². The van der Waals surface area contributed by atoms with E-state index < -0.39 is 5.91 Å². The first kappa shape index (κ1) is 24.8. The lowest BCUT2D eigenvalue weighted by atomic mass is 10.0. The highest BCUT2D eigenvalue weighted by Gasteiger charge is 2.29. The maximum atomic E-state index is 11.4. The number of fused-ring (bicyclic) bond motifs is 2. The van der Waals surface area contributed by atoms with Crippen LogP contribution in [0.1, 0.15) is 46.0 Å². The van der Waals surface area contributed by atoms with E-state index >= 15 is 0 Å². The molecule has 0 spiro atoms. The van der Waals surface area contributed by atoms with Gasteiger partial charge in [-0.05, 0) is 66.6 Å². The third-order valence-electron chi connectivity index (χ3n) is 7.54. The van der Waals surface area contributed by atoms with Crippen LogP contribution in [0.4, 0.5) is 0 Å². The Morgan fingerprint density at radius 3 is 2.92 bits per heavy atom. The Labute approximate surface area is 216 Å². The van der Waals surface area contributed by atoms with Gasteiger partial charge in [0.25, 0.3) is 5.91 Å². The van der Waals surface area contributed by atoms with Gasteiger partial charge < -0.3 is 9.72 Å². The second-order valence-electron chi connectivity index (χ2n) is 9.65. The van der Waals surface area contributed by atoms with Crippen LogP contribution in [-0.2, 0) is 31.2 Å². The van der Waals surface area contributed by atoms with Gasteiger partial charge in [-0.15, -0.1) is 0 Å². The molecule has 0 fully saturated rings. The van der Waals surface area contributed by atoms with Crippen molar-refractivity contribution in [1.82, 2.24) is 25.1 Å². The molecule has 2 heterocycles. The topological polar surface area (TPSA) is 95.4 Å². The average molecular weight is 500 g/mol. The van der Waals surface area contributed by atoms with Crippen LogP contribution in [0, 0.1) is 6.92 Å². The number of hydroxylamine groups is 1. The third kappa shape index (κ3) is 5.16. The number of amides is 1. The molecule has 0 radical (unpaired) electrons. The highest BCUT2D eigenvalue weighted by molar-refractivity contribution is 5.90. The Kier molecular flexibility index (Phi) is 7.12. The minimum absolute atomic E-state index is 0.304. The van der Waals surface area contributed by atoms with Gasteiger partial charge >= 0.3 is 0 Å². The van der Waals surface area contributed by atoms with E-state index in [4.69, 9.17) is 9.94 Å². The summed E-state index contributed by atoms with van der Waals surface area (Å²) in [6, 6.07) is 12.9. The summed E-state index contributed by atoms with van der Waals surface area (Å²) in [6.07, 6.45) is 10.1. The monoisotopic (exact) mass is 499 g/mol. The third-order valence-corrected chi connectivity index (χ3v) is 7.54. The number of carbonyl (C=O) groups is 1. The van der Waals surface area contributed by atoms with Crippen molar-refractivity contribution in [2.75, 3.05) is 13.7 Å². The molecule has 1 atom stereocenters. The Hall–Kier alpha value is -3.88. The van der Waals surface area contributed by atoms with E-state index in [9.17, 15) is 4.79 Å². The van der Waals surface area contributed by atoms with E-state index in [1.54, 1.807) is 18.7 Å². The highest BCUT2D eigenvalue weighted by Crippen LogP contribution is 2.38. The van der Waals surface area contributed by atoms with Gasteiger partial charge in [-0.2, -0.15) is 5.10 Å². The van der Waals surface area contributed by atoms with Gasteiger partial charge in [-0.1, -0.05) is 18.2 Å². The number of nitrogens with one attached hydrogen (secondary N) is 2. The van der Waals surface area contributed by atoms with Gasteiger partial charge in [0.15, 0.2) is 0 Å². The smallest absolute Gasteiger partial charge is 0.267 e. The van der Waals surface area contributed by atoms with Crippen molar-refractivity contribution in [3.8, 4) is 5.75 Å². The van der Waals surface area contributed by atoms with Crippen LogP contribution >= 0.6 is 0 Å². The summed E-state index contributed by atoms with van der Waals surface area (Å²) in [6.45, 7) is 3.87. The van der Waals surface area contributed by atoms with Crippen molar-refractivity contribution in [2.24, 2.45) is 7.05 Å². The molecule has 3 N–H and O–H groups in total. The van der Waals surface area contributed by atoms with Crippen LogP contribution in [0.15, 0.2) is 54.9 Å². The van der Waals surface area contributed by atoms with Crippen molar-refractivity contribution >= 4 is 22.9 Å². The van der Waals surface area contributed by atoms with Crippen molar-refractivity contribution in [3.63, 3.8) is 0 Å². The number of ether oxygens (including phenoxy) is 1. The lowest BCUT2D eigenvalue weighted by Crippen LogP contribution is -2.29. The van der Waals surface area contributed by atoms with E-state index in [2.05, 4.69) is 46.3 Å². The molecule has 0 saturated heterocycles. The van der Waals surface area contributed by atoms with Crippen LogP contribution in [0.3, 0.4) is 0 Å². The number of aromatic nitrogens is 3. The lowest BCUT2D eigenvalue weighted by Gasteiger charge is -2.30. The number of aryl methyl sites for hydroxylation is 2. The Morgan fingerprint density at radius 1 is 1.30 bits per heavy atom. The Morgan fingerprint density at radius 2 is 2.16 bits per heavy atom. The summed E-state index contributed by atoms with van der Waals surface area (Å²) in [4.78, 5) is 17.4. The number of nitrogens with zero attached hydrogens (tertiary/aromatic N) is 3. The number of H-pyrrole nitrogens is 1. The van der Waals surface area contributed by atoms with E-state index in [-0.39, 0.29) is 0 Å². The standard InChI is InChI=1S/C29H33N5O3/c1-19-23(17-31-33(19)2)18-34(13-12-22-16-30-27-15-24(37-3)7-9-25(22)27)28-10-6-21-14-20(4-8-26(21)28)5-11-29(35)32-36/h4-5,7-9,11,14-17,28,30,36H,6,10,12-13,18H2,1-3H3,(H,32,35)/b11-5+. The van der Waals surface area contributed by atoms with Gasteiger partial charge in [0.1, 0.15) is 5.75 Å². The molecule has 1 aliphatic carbocycles. The van der Waals surface area contributed by atoms with Crippen LogP contribution in [0.25, 0.3) is 17.0 Å². The molecule has 192 valence electrons. The number of hydrogen-bond acceptors (Lipinski definition) is 5. The van der Waals surface area contributed by atoms with E-state index in [1.807, 2.05) is 36.1 Å². The Bertz CT molecular complexity index is 1450. The van der Waals surface area contributed by atoms with E-state index in [0.717, 1.165) is 49.2 Å². The molecule has 0 aliphatic heterocycles. The van der Waals surface area contributed by atoms with Gasteiger partial charge in [0.05, 0.1) is 13.3 Å². The fraction of sp³-hybridized carbons (Fsp3) is 0.310. The average Bonchev–Trinajstić information content (AvgIpc) is 3.62. The molecule has 0 saturated carbocycles. The summed E-state index contributed by atoms with van der Waals surface area (Å²) in [5.74, 6) is 0.315. The summed E-state index contributed by atoms with van der Waals surface area (Å²) in [5, 5.41) is 14.4. The molecule has 1 amide bonds. The lowest BCUT2D eigenvalue weighted by molar-refractivity contribution is -0.124. The second kappa shape index (κ2) is 10.6. The zero-order chi connectivity index (χ0) is 25.9. The summed E-state index contributed by atoms with van der Waals surface area (Å²) < 4.78 is 7.31. The predicted octanol–water partition coefficient (Wildman–Crippen LogP) is 4.47. The zero-order valence-electron chi connectivity index (χ0n) is 21.5. The Balaban J connectivity index is 1.40. The molecule has 1 unspecified atom stereocenters. The van der Waals surface area contributed by atoms with Crippen molar-refractivity contribution in [1.29, 1.82) is 0 Å². The predicted molar refractivity (Wildman–Crippen MR) is 143 cm³/mol. The minimum Gasteiger partial charge on any atom is -0.497 e. The first-order valence-electron chi connectivity index (χ1n) is 12.6. The number of methoxy groups -OCH3 is 1. The molecule has 8 nitrogen and oxygen atoms in total. The molecule has 4 aromatic rings. The fourth-order valence-electron chi connectivity index (χ4n) is 5.33.